The summed E-state index contributed by atoms with van der Waals surface area (Å²) in [5, 5.41) is 17.8. The molecule has 1 heterocycles. The zero-order valence-electron chi connectivity index (χ0n) is 12.7. The van der Waals surface area contributed by atoms with Crippen molar-refractivity contribution in [1.29, 1.82) is 0 Å². The third-order valence-corrected chi connectivity index (χ3v) is 3.65. The lowest BCUT2D eigenvalue weighted by molar-refractivity contribution is 0.277. The predicted molar refractivity (Wildman–Crippen MR) is 80.3 cm³/mol. The molecule has 20 heavy (non-hydrogen) atoms. The first-order valence-corrected chi connectivity index (χ1v) is 7.13. The van der Waals surface area contributed by atoms with Crippen LogP contribution in [0.15, 0.2) is 18.2 Å². The van der Waals surface area contributed by atoms with Gasteiger partial charge in [-0.25, -0.2) is 4.68 Å². The second-order valence-electron chi connectivity index (χ2n) is 5.75. The zero-order valence-corrected chi connectivity index (χ0v) is 12.7. The van der Waals surface area contributed by atoms with E-state index in [1.165, 1.54) is 11.1 Å². The Balaban J connectivity index is 2.41. The Bertz CT molecular complexity index is 587. The maximum atomic E-state index is 9.48. The van der Waals surface area contributed by atoms with Gasteiger partial charge in [-0.2, -0.15) is 0 Å². The van der Waals surface area contributed by atoms with E-state index in [1.807, 2.05) is 4.68 Å². The quantitative estimate of drug-likeness (QED) is 0.910. The van der Waals surface area contributed by atoms with E-state index in [0.29, 0.717) is 11.6 Å². The van der Waals surface area contributed by atoms with E-state index in [2.05, 4.69) is 56.2 Å². The third-order valence-electron chi connectivity index (χ3n) is 3.65. The van der Waals surface area contributed by atoms with Gasteiger partial charge < -0.3 is 5.11 Å². The Labute approximate surface area is 120 Å². The van der Waals surface area contributed by atoms with Gasteiger partial charge in [0.1, 0.15) is 5.69 Å². The highest BCUT2D eigenvalue weighted by molar-refractivity contribution is 5.63. The van der Waals surface area contributed by atoms with Gasteiger partial charge in [0, 0.05) is 12.1 Å². The summed E-state index contributed by atoms with van der Waals surface area (Å²) in [6.07, 6.45) is 1.05. The van der Waals surface area contributed by atoms with Gasteiger partial charge in [-0.05, 0) is 43.4 Å². The topological polar surface area (TPSA) is 50.9 Å². The van der Waals surface area contributed by atoms with Crippen LogP contribution in [0.3, 0.4) is 0 Å². The summed E-state index contributed by atoms with van der Waals surface area (Å²) in [5.74, 6) is 0.615. The lowest BCUT2D eigenvalue weighted by Crippen LogP contribution is -2.06. The van der Waals surface area contributed by atoms with Crippen LogP contribution in [0.4, 0.5) is 0 Å². The Morgan fingerprint density at radius 2 is 1.95 bits per heavy atom. The van der Waals surface area contributed by atoms with Gasteiger partial charge in [0.05, 0.1) is 12.3 Å². The van der Waals surface area contributed by atoms with Crippen molar-refractivity contribution < 1.29 is 5.11 Å². The molecule has 1 N–H and O–H groups in total. The minimum atomic E-state index is -0.0794. The number of aliphatic hydroxyl groups excluding tert-OH is 1. The molecule has 0 saturated carbocycles. The molecule has 0 saturated heterocycles. The van der Waals surface area contributed by atoms with Crippen molar-refractivity contribution in [1.82, 2.24) is 15.0 Å². The molecule has 0 aliphatic carbocycles. The standard InChI is InChI=1S/C16H23N3O/c1-11(2)7-8-19-16(15(10-20)17-18-19)14-6-5-12(3)13(4)9-14/h5-6,9,11,20H,7-8,10H2,1-4H3. The Kier molecular flexibility index (Phi) is 4.55. The summed E-state index contributed by atoms with van der Waals surface area (Å²) in [6.45, 7) is 9.33. The first kappa shape index (κ1) is 14.7. The number of hydrogen-bond donors (Lipinski definition) is 1. The van der Waals surface area contributed by atoms with E-state index >= 15 is 0 Å². The molecular weight excluding hydrogens is 250 g/mol. The van der Waals surface area contributed by atoms with Crippen LogP contribution in [0.2, 0.25) is 0 Å². The molecule has 2 aromatic rings. The number of aliphatic hydroxyl groups is 1. The lowest BCUT2D eigenvalue weighted by atomic mass is 10.0. The molecule has 2 rings (SSSR count). The van der Waals surface area contributed by atoms with Crippen molar-refractivity contribution in [2.45, 2.75) is 47.3 Å². The summed E-state index contributed by atoms with van der Waals surface area (Å²) >= 11 is 0. The van der Waals surface area contributed by atoms with Crippen LogP contribution in [0.5, 0.6) is 0 Å². The Hall–Kier alpha value is -1.68. The van der Waals surface area contributed by atoms with Crippen molar-refractivity contribution in [2.24, 2.45) is 5.92 Å². The number of nitrogens with zero attached hydrogens (tertiary/aromatic N) is 3. The minimum Gasteiger partial charge on any atom is -0.390 e. The Morgan fingerprint density at radius 1 is 1.20 bits per heavy atom. The molecule has 0 atom stereocenters. The molecule has 0 radical (unpaired) electrons. The van der Waals surface area contributed by atoms with E-state index in [9.17, 15) is 5.11 Å². The van der Waals surface area contributed by atoms with Gasteiger partial charge in [-0.3, -0.25) is 0 Å². The van der Waals surface area contributed by atoms with Gasteiger partial charge >= 0.3 is 0 Å². The van der Waals surface area contributed by atoms with Crippen LogP contribution >= 0.6 is 0 Å². The maximum Gasteiger partial charge on any atom is 0.116 e. The van der Waals surface area contributed by atoms with Gasteiger partial charge in [-0.15, -0.1) is 5.10 Å². The first-order chi connectivity index (χ1) is 9.52. The molecule has 1 aromatic carbocycles. The average Bonchev–Trinajstić information content (AvgIpc) is 2.82. The van der Waals surface area contributed by atoms with E-state index in [1.54, 1.807) is 0 Å². The largest absolute Gasteiger partial charge is 0.390 e. The maximum absolute atomic E-state index is 9.48. The second-order valence-corrected chi connectivity index (χ2v) is 5.75. The summed E-state index contributed by atoms with van der Waals surface area (Å²) in [5.41, 5.74) is 5.17. The molecule has 0 spiro atoms. The van der Waals surface area contributed by atoms with Crippen molar-refractivity contribution in [3.8, 4) is 11.3 Å². The lowest BCUT2D eigenvalue weighted by Gasteiger charge is -2.11. The number of aromatic nitrogens is 3. The fraction of sp³-hybridized carbons (Fsp3) is 0.500. The number of benzene rings is 1. The highest BCUT2D eigenvalue weighted by atomic mass is 16.3. The van der Waals surface area contributed by atoms with Crippen LogP contribution in [-0.2, 0) is 13.2 Å². The van der Waals surface area contributed by atoms with Crippen LogP contribution in [0.1, 0.15) is 37.1 Å². The van der Waals surface area contributed by atoms with Crippen LogP contribution in [0, 0.1) is 19.8 Å². The van der Waals surface area contributed by atoms with E-state index in [0.717, 1.165) is 24.2 Å². The van der Waals surface area contributed by atoms with E-state index in [-0.39, 0.29) is 6.61 Å². The van der Waals surface area contributed by atoms with Gasteiger partial charge in [0.15, 0.2) is 0 Å². The van der Waals surface area contributed by atoms with Crippen LogP contribution < -0.4 is 0 Å². The van der Waals surface area contributed by atoms with Crippen LogP contribution in [0.25, 0.3) is 11.3 Å². The minimum absolute atomic E-state index is 0.0794. The summed E-state index contributed by atoms with van der Waals surface area (Å²) < 4.78 is 1.91. The normalized spacial score (nSPS) is 11.3. The van der Waals surface area contributed by atoms with Crippen molar-refractivity contribution in [2.75, 3.05) is 0 Å². The number of rotatable bonds is 5. The predicted octanol–water partition coefficient (Wildman–Crippen LogP) is 3.10. The van der Waals surface area contributed by atoms with Crippen molar-refractivity contribution in [3.05, 3.63) is 35.0 Å². The second kappa shape index (κ2) is 6.18. The molecule has 0 bridgehead atoms. The molecule has 0 aliphatic rings. The van der Waals surface area contributed by atoms with Gasteiger partial charge in [0.25, 0.3) is 0 Å². The fourth-order valence-corrected chi connectivity index (χ4v) is 2.20. The molecular formula is C16H23N3O. The highest BCUT2D eigenvalue weighted by Gasteiger charge is 2.15. The first-order valence-electron chi connectivity index (χ1n) is 7.13. The number of hydrogen-bond acceptors (Lipinski definition) is 3. The zero-order chi connectivity index (χ0) is 14.7. The smallest absolute Gasteiger partial charge is 0.116 e. The molecule has 0 unspecified atom stereocenters. The SMILES string of the molecule is Cc1ccc(-c2c(CO)nnn2CCC(C)C)cc1C. The highest BCUT2D eigenvalue weighted by Crippen LogP contribution is 2.25. The van der Waals surface area contributed by atoms with E-state index < -0.39 is 0 Å². The third kappa shape index (κ3) is 3.07. The summed E-state index contributed by atoms with van der Waals surface area (Å²) in [7, 11) is 0. The molecule has 0 fully saturated rings. The fourth-order valence-electron chi connectivity index (χ4n) is 2.20. The average molecular weight is 273 g/mol. The molecule has 0 amide bonds. The van der Waals surface area contributed by atoms with Crippen molar-refractivity contribution >= 4 is 0 Å². The van der Waals surface area contributed by atoms with Gasteiger partial charge in [-0.1, -0.05) is 31.2 Å². The number of aryl methyl sites for hydroxylation is 3. The van der Waals surface area contributed by atoms with Crippen molar-refractivity contribution in [3.63, 3.8) is 0 Å². The molecule has 1 aromatic heterocycles. The molecule has 0 aliphatic heterocycles. The monoisotopic (exact) mass is 273 g/mol. The van der Waals surface area contributed by atoms with Crippen LogP contribution in [-0.4, -0.2) is 20.1 Å². The molecule has 4 heteroatoms. The summed E-state index contributed by atoms with van der Waals surface area (Å²) in [4.78, 5) is 0. The van der Waals surface area contributed by atoms with Gasteiger partial charge in [0.2, 0.25) is 0 Å². The molecule has 4 nitrogen and oxygen atoms in total. The summed E-state index contributed by atoms with van der Waals surface area (Å²) in [6, 6.07) is 6.32. The van der Waals surface area contributed by atoms with E-state index in [4.69, 9.17) is 0 Å². The Morgan fingerprint density at radius 3 is 2.55 bits per heavy atom. The molecule has 108 valence electrons.